The number of nitrogen functional groups attached to an aromatic ring is 1. The third kappa shape index (κ3) is 2.11. The summed E-state index contributed by atoms with van der Waals surface area (Å²) in [7, 11) is 1.80. The Morgan fingerprint density at radius 1 is 1.53 bits per heavy atom. The van der Waals surface area contributed by atoms with Crippen LogP contribution in [0.2, 0.25) is 0 Å². The van der Waals surface area contributed by atoms with E-state index in [1.165, 1.54) is 0 Å². The van der Waals surface area contributed by atoms with Gasteiger partial charge in [-0.2, -0.15) is 4.98 Å². The molecule has 0 spiro atoms. The molecule has 92 valence electrons. The summed E-state index contributed by atoms with van der Waals surface area (Å²) in [6, 6.07) is 0.327. The molecule has 0 aliphatic heterocycles. The number of nitrogens with one attached hydrogen (secondary N) is 1. The van der Waals surface area contributed by atoms with Crippen LogP contribution in [0, 0.1) is 17.0 Å². The molecule has 0 radical (unpaired) electrons. The fourth-order valence-corrected chi connectivity index (χ4v) is 1.71. The SMILES string of the molecule is Cc1nc(NN)nc(N(C)C2CC2)c1[N+](=O)[O-]. The van der Waals surface area contributed by atoms with E-state index in [-0.39, 0.29) is 11.6 Å². The third-order valence-corrected chi connectivity index (χ3v) is 2.78. The monoisotopic (exact) mass is 238 g/mol. The Kier molecular flexibility index (Phi) is 2.80. The summed E-state index contributed by atoms with van der Waals surface area (Å²) < 4.78 is 0. The molecule has 8 nitrogen and oxygen atoms in total. The Hall–Kier alpha value is -1.96. The second kappa shape index (κ2) is 4.13. The highest BCUT2D eigenvalue weighted by Gasteiger charge is 2.33. The topological polar surface area (TPSA) is 110 Å². The van der Waals surface area contributed by atoms with Gasteiger partial charge >= 0.3 is 5.69 Å². The summed E-state index contributed by atoms with van der Waals surface area (Å²) in [4.78, 5) is 20.4. The lowest BCUT2D eigenvalue weighted by molar-refractivity contribution is -0.385. The van der Waals surface area contributed by atoms with E-state index in [1.807, 2.05) is 4.90 Å². The standard InChI is InChI=1S/C9H14N6O2/c1-5-7(15(16)17)8(12-9(11-5)13-10)14(2)6-3-4-6/h6H,3-4,10H2,1-2H3,(H,11,12,13). The lowest BCUT2D eigenvalue weighted by Crippen LogP contribution is -2.24. The molecule has 0 aromatic carbocycles. The van der Waals surface area contributed by atoms with Crippen LogP contribution >= 0.6 is 0 Å². The van der Waals surface area contributed by atoms with Crippen LogP contribution in [0.15, 0.2) is 0 Å². The van der Waals surface area contributed by atoms with Crippen LogP contribution in [-0.2, 0) is 0 Å². The first-order valence-electron chi connectivity index (χ1n) is 5.27. The molecule has 1 saturated carbocycles. The molecule has 3 N–H and O–H groups in total. The Morgan fingerprint density at radius 3 is 2.65 bits per heavy atom. The number of hydrazine groups is 1. The lowest BCUT2D eigenvalue weighted by atomic mass is 10.3. The zero-order valence-electron chi connectivity index (χ0n) is 9.67. The summed E-state index contributed by atoms with van der Waals surface area (Å²) in [6.07, 6.45) is 2.06. The van der Waals surface area contributed by atoms with E-state index in [1.54, 1.807) is 14.0 Å². The van der Waals surface area contributed by atoms with Crippen LogP contribution in [0.4, 0.5) is 17.5 Å². The van der Waals surface area contributed by atoms with Crippen molar-refractivity contribution in [2.75, 3.05) is 17.4 Å². The Morgan fingerprint density at radius 2 is 2.18 bits per heavy atom. The number of hydrogen-bond acceptors (Lipinski definition) is 7. The van der Waals surface area contributed by atoms with Gasteiger partial charge in [-0.1, -0.05) is 0 Å². The molecule has 1 aromatic heterocycles. The molecule has 2 rings (SSSR count). The molecular weight excluding hydrogens is 224 g/mol. The van der Waals surface area contributed by atoms with E-state index >= 15 is 0 Å². The molecule has 1 heterocycles. The van der Waals surface area contributed by atoms with E-state index in [4.69, 9.17) is 5.84 Å². The second-order valence-corrected chi connectivity index (χ2v) is 4.05. The van der Waals surface area contributed by atoms with Crippen LogP contribution < -0.4 is 16.2 Å². The van der Waals surface area contributed by atoms with Crippen molar-refractivity contribution in [1.29, 1.82) is 0 Å². The average Bonchev–Trinajstić information content (AvgIpc) is 3.10. The van der Waals surface area contributed by atoms with Gasteiger partial charge in [-0.3, -0.25) is 15.5 Å². The molecule has 0 unspecified atom stereocenters. The van der Waals surface area contributed by atoms with E-state index in [9.17, 15) is 10.1 Å². The number of nitro groups is 1. The zero-order valence-corrected chi connectivity index (χ0v) is 9.67. The molecule has 8 heteroatoms. The van der Waals surface area contributed by atoms with Crippen molar-refractivity contribution in [3.63, 3.8) is 0 Å². The fourth-order valence-electron chi connectivity index (χ4n) is 1.71. The van der Waals surface area contributed by atoms with Gasteiger partial charge in [0, 0.05) is 13.1 Å². The van der Waals surface area contributed by atoms with E-state index < -0.39 is 4.92 Å². The number of aryl methyl sites for hydroxylation is 1. The van der Waals surface area contributed by atoms with Crippen molar-refractivity contribution in [1.82, 2.24) is 9.97 Å². The van der Waals surface area contributed by atoms with Crippen molar-refractivity contribution in [2.45, 2.75) is 25.8 Å². The number of anilines is 2. The lowest BCUT2D eigenvalue weighted by Gasteiger charge is -2.18. The van der Waals surface area contributed by atoms with Crippen molar-refractivity contribution in [2.24, 2.45) is 5.84 Å². The summed E-state index contributed by atoms with van der Waals surface area (Å²) in [5.41, 5.74) is 2.57. The molecule has 1 aliphatic carbocycles. The molecule has 1 fully saturated rings. The van der Waals surface area contributed by atoms with Crippen molar-refractivity contribution >= 4 is 17.5 Å². The van der Waals surface area contributed by atoms with Crippen molar-refractivity contribution in [3.8, 4) is 0 Å². The predicted molar refractivity (Wildman–Crippen MR) is 62.7 cm³/mol. The first kappa shape index (κ1) is 11.5. The molecule has 0 bridgehead atoms. The molecule has 17 heavy (non-hydrogen) atoms. The normalized spacial score (nSPS) is 14.5. The largest absolute Gasteiger partial charge is 0.351 e. The molecular formula is C9H14N6O2. The molecule has 0 saturated heterocycles. The van der Waals surface area contributed by atoms with Crippen LogP contribution in [-0.4, -0.2) is 28.0 Å². The van der Waals surface area contributed by atoms with Gasteiger partial charge in [-0.15, -0.1) is 0 Å². The number of nitrogens with two attached hydrogens (primary N) is 1. The van der Waals surface area contributed by atoms with Gasteiger partial charge in [0.05, 0.1) is 4.92 Å². The number of hydrogen-bond donors (Lipinski definition) is 2. The van der Waals surface area contributed by atoms with Gasteiger partial charge in [0.2, 0.25) is 11.8 Å². The Balaban J connectivity index is 2.51. The highest BCUT2D eigenvalue weighted by Crippen LogP contribution is 2.35. The maximum atomic E-state index is 11.0. The van der Waals surface area contributed by atoms with E-state index in [0.717, 1.165) is 12.8 Å². The summed E-state index contributed by atoms with van der Waals surface area (Å²) in [6.45, 7) is 1.57. The molecule has 1 aromatic rings. The smallest absolute Gasteiger partial charge is 0.332 e. The fraction of sp³-hybridized carbons (Fsp3) is 0.556. The molecule has 0 atom stereocenters. The first-order chi connectivity index (χ1) is 8.04. The van der Waals surface area contributed by atoms with Crippen LogP contribution in [0.25, 0.3) is 0 Å². The van der Waals surface area contributed by atoms with Crippen LogP contribution in [0.5, 0.6) is 0 Å². The Labute approximate surface area is 98.0 Å². The summed E-state index contributed by atoms with van der Waals surface area (Å²) in [5, 5.41) is 11.0. The average molecular weight is 238 g/mol. The molecule has 1 aliphatic rings. The third-order valence-electron chi connectivity index (χ3n) is 2.78. The van der Waals surface area contributed by atoms with Gasteiger partial charge in [0.15, 0.2) is 0 Å². The Bertz CT molecular complexity index is 459. The highest BCUT2D eigenvalue weighted by molar-refractivity contribution is 5.62. The number of nitrogens with zero attached hydrogens (tertiary/aromatic N) is 4. The minimum absolute atomic E-state index is 0.0570. The van der Waals surface area contributed by atoms with Crippen molar-refractivity contribution < 1.29 is 4.92 Å². The van der Waals surface area contributed by atoms with Crippen LogP contribution in [0.3, 0.4) is 0 Å². The summed E-state index contributed by atoms with van der Waals surface area (Å²) >= 11 is 0. The zero-order chi connectivity index (χ0) is 12.6. The first-order valence-corrected chi connectivity index (χ1v) is 5.27. The highest BCUT2D eigenvalue weighted by atomic mass is 16.6. The van der Waals surface area contributed by atoms with E-state index in [0.29, 0.717) is 17.6 Å². The minimum Gasteiger partial charge on any atom is -0.351 e. The molecule has 0 amide bonds. The quantitative estimate of drug-likeness (QED) is 0.448. The van der Waals surface area contributed by atoms with Crippen LogP contribution in [0.1, 0.15) is 18.5 Å². The van der Waals surface area contributed by atoms with Gasteiger partial charge in [-0.25, -0.2) is 10.8 Å². The van der Waals surface area contributed by atoms with E-state index in [2.05, 4.69) is 15.4 Å². The number of rotatable bonds is 4. The maximum absolute atomic E-state index is 11.0. The van der Waals surface area contributed by atoms with Gasteiger partial charge < -0.3 is 4.90 Å². The van der Waals surface area contributed by atoms with Gasteiger partial charge in [0.1, 0.15) is 5.69 Å². The predicted octanol–water partition coefficient (Wildman–Crippen LogP) is 0.577. The number of aromatic nitrogens is 2. The second-order valence-electron chi connectivity index (χ2n) is 4.05. The maximum Gasteiger partial charge on any atom is 0.332 e. The summed E-state index contributed by atoms with van der Waals surface area (Å²) in [5.74, 6) is 5.75. The minimum atomic E-state index is -0.455. The van der Waals surface area contributed by atoms with Gasteiger partial charge in [-0.05, 0) is 19.8 Å². The van der Waals surface area contributed by atoms with Crippen molar-refractivity contribution in [3.05, 3.63) is 15.8 Å². The van der Waals surface area contributed by atoms with Gasteiger partial charge in [0.25, 0.3) is 0 Å².